The van der Waals surface area contributed by atoms with E-state index in [4.69, 9.17) is 5.73 Å². The predicted octanol–water partition coefficient (Wildman–Crippen LogP) is 0.647. The minimum absolute atomic E-state index is 0.0386. The molecule has 0 aromatic carbocycles. The van der Waals surface area contributed by atoms with Crippen molar-refractivity contribution >= 4 is 17.7 Å². The van der Waals surface area contributed by atoms with E-state index < -0.39 is 6.09 Å². The molecule has 0 aliphatic heterocycles. The molecular weight excluding hydrogens is 248 g/mol. The monoisotopic (exact) mass is 266 g/mol. The fourth-order valence-electron chi connectivity index (χ4n) is 1.49. The summed E-state index contributed by atoms with van der Waals surface area (Å²) in [7, 11) is 0. The number of pyridine rings is 1. The van der Waals surface area contributed by atoms with Crippen LogP contribution in [0.3, 0.4) is 0 Å². The summed E-state index contributed by atoms with van der Waals surface area (Å²) in [5.41, 5.74) is 6.81. The van der Waals surface area contributed by atoms with Crippen molar-refractivity contribution < 1.29 is 14.3 Å². The SMILES string of the molecule is CCNc1cc(C)ncc1C(=O)NCCOC(N)=O. The molecule has 1 rings (SSSR count). The number of nitrogens with two attached hydrogens (primary N) is 1. The minimum atomic E-state index is -0.861. The molecule has 0 bridgehead atoms. The highest BCUT2D eigenvalue weighted by atomic mass is 16.5. The summed E-state index contributed by atoms with van der Waals surface area (Å²) in [6, 6.07) is 1.80. The van der Waals surface area contributed by atoms with Gasteiger partial charge in [0.05, 0.1) is 17.8 Å². The minimum Gasteiger partial charge on any atom is -0.448 e. The van der Waals surface area contributed by atoms with Crippen LogP contribution in [0.1, 0.15) is 23.0 Å². The lowest BCUT2D eigenvalue weighted by atomic mass is 10.2. The average Bonchev–Trinajstić information content (AvgIpc) is 2.35. The third kappa shape index (κ3) is 4.82. The van der Waals surface area contributed by atoms with Gasteiger partial charge in [-0.2, -0.15) is 0 Å². The van der Waals surface area contributed by atoms with Crippen molar-refractivity contribution in [2.45, 2.75) is 13.8 Å². The van der Waals surface area contributed by atoms with Crippen molar-refractivity contribution in [3.8, 4) is 0 Å². The first kappa shape index (κ1) is 14.7. The lowest BCUT2D eigenvalue weighted by molar-refractivity contribution is 0.0937. The number of primary amides is 1. The zero-order valence-electron chi connectivity index (χ0n) is 11.0. The molecule has 0 radical (unpaired) electrons. The van der Waals surface area contributed by atoms with Crippen LogP contribution in [0.2, 0.25) is 0 Å². The van der Waals surface area contributed by atoms with Gasteiger partial charge in [0, 0.05) is 18.4 Å². The second-order valence-corrected chi connectivity index (χ2v) is 3.82. The number of carbonyl (C=O) groups excluding carboxylic acids is 2. The van der Waals surface area contributed by atoms with Crippen LogP contribution < -0.4 is 16.4 Å². The Bertz CT molecular complexity index is 462. The van der Waals surface area contributed by atoms with Gasteiger partial charge in [-0.3, -0.25) is 9.78 Å². The van der Waals surface area contributed by atoms with Gasteiger partial charge >= 0.3 is 6.09 Å². The van der Waals surface area contributed by atoms with Gasteiger partial charge in [-0.25, -0.2) is 4.79 Å². The Morgan fingerprint density at radius 1 is 1.47 bits per heavy atom. The van der Waals surface area contributed by atoms with Gasteiger partial charge in [-0.05, 0) is 19.9 Å². The van der Waals surface area contributed by atoms with Crippen LogP contribution in [-0.2, 0) is 4.74 Å². The molecule has 4 N–H and O–H groups in total. The zero-order valence-corrected chi connectivity index (χ0v) is 11.0. The van der Waals surface area contributed by atoms with Gasteiger partial charge in [0.25, 0.3) is 5.91 Å². The molecular formula is C12H18N4O3. The Morgan fingerprint density at radius 3 is 2.84 bits per heavy atom. The van der Waals surface area contributed by atoms with Crippen LogP contribution in [0.4, 0.5) is 10.5 Å². The molecule has 1 aromatic heterocycles. The van der Waals surface area contributed by atoms with Crippen molar-refractivity contribution in [3.05, 3.63) is 23.5 Å². The largest absolute Gasteiger partial charge is 0.448 e. The maximum absolute atomic E-state index is 11.9. The standard InChI is InChI=1S/C12H18N4O3/c1-3-14-10-6-8(2)16-7-9(10)11(17)15-4-5-19-12(13)18/h6-7H,3-5H2,1-2H3,(H2,13,18)(H,14,16)(H,15,17). The predicted molar refractivity (Wildman–Crippen MR) is 71.0 cm³/mol. The van der Waals surface area contributed by atoms with E-state index in [9.17, 15) is 9.59 Å². The molecule has 7 nitrogen and oxygen atoms in total. The molecule has 7 heteroatoms. The van der Waals surface area contributed by atoms with Crippen molar-refractivity contribution in [3.63, 3.8) is 0 Å². The number of hydrogen-bond donors (Lipinski definition) is 3. The molecule has 0 unspecified atom stereocenters. The molecule has 1 heterocycles. The van der Waals surface area contributed by atoms with Gasteiger partial charge in [-0.1, -0.05) is 0 Å². The zero-order chi connectivity index (χ0) is 14.3. The fraction of sp³-hybridized carbons (Fsp3) is 0.417. The van der Waals surface area contributed by atoms with E-state index in [0.29, 0.717) is 12.1 Å². The Hall–Kier alpha value is -2.31. The molecule has 0 aliphatic rings. The van der Waals surface area contributed by atoms with Gasteiger partial charge < -0.3 is 21.1 Å². The van der Waals surface area contributed by atoms with Crippen molar-refractivity contribution in [2.75, 3.05) is 25.0 Å². The summed E-state index contributed by atoms with van der Waals surface area (Å²) in [5.74, 6) is -0.281. The fourth-order valence-corrected chi connectivity index (χ4v) is 1.49. The number of nitrogens with one attached hydrogen (secondary N) is 2. The topological polar surface area (TPSA) is 106 Å². The van der Waals surface area contributed by atoms with Crippen LogP contribution in [0, 0.1) is 6.92 Å². The molecule has 0 fully saturated rings. The smallest absolute Gasteiger partial charge is 0.404 e. The number of ether oxygens (including phenoxy) is 1. The highest BCUT2D eigenvalue weighted by Crippen LogP contribution is 2.15. The van der Waals surface area contributed by atoms with E-state index in [1.165, 1.54) is 6.20 Å². The van der Waals surface area contributed by atoms with Crippen molar-refractivity contribution in [2.24, 2.45) is 5.73 Å². The molecule has 2 amide bonds. The highest BCUT2D eigenvalue weighted by molar-refractivity contribution is 5.99. The lowest BCUT2D eigenvalue weighted by Gasteiger charge is -2.11. The van der Waals surface area contributed by atoms with Gasteiger partial charge in [-0.15, -0.1) is 0 Å². The first-order valence-corrected chi connectivity index (χ1v) is 5.95. The number of aromatic nitrogens is 1. The number of anilines is 1. The maximum Gasteiger partial charge on any atom is 0.404 e. The van der Waals surface area contributed by atoms with Gasteiger partial charge in [0.2, 0.25) is 0 Å². The number of hydrogen-bond acceptors (Lipinski definition) is 5. The molecule has 19 heavy (non-hydrogen) atoms. The summed E-state index contributed by atoms with van der Waals surface area (Å²) in [5, 5.41) is 5.72. The molecule has 104 valence electrons. The second kappa shape index (κ2) is 7.20. The first-order valence-electron chi connectivity index (χ1n) is 5.95. The van der Waals surface area contributed by atoms with Crippen LogP contribution >= 0.6 is 0 Å². The highest BCUT2D eigenvalue weighted by Gasteiger charge is 2.11. The van der Waals surface area contributed by atoms with E-state index >= 15 is 0 Å². The molecule has 0 saturated heterocycles. The Labute approximate surface area is 111 Å². The summed E-state index contributed by atoms with van der Waals surface area (Å²) >= 11 is 0. The van der Waals surface area contributed by atoms with E-state index in [2.05, 4.69) is 20.4 Å². The van der Waals surface area contributed by atoms with Gasteiger partial charge in [0.15, 0.2) is 0 Å². The van der Waals surface area contributed by atoms with Crippen LogP contribution in [-0.4, -0.2) is 36.7 Å². The molecule has 0 spiro atoms. The first-order chi connectivity index (χ1) is 9.04. The number of aryl methyl sites for hydroxylation is 1. The number of rotatable bonds is 6. The number of nitrogens with zero attached hydrogens (tertiary/aromatic N) is 1. The quantitative estimate of drug-likeness (QED) is 0.655. The molecule has 0 saturated carbocycles. The third-order valence-corrected chi connectivity index (χ3v) is 2.28. The summed E-state index contributed by atoms with van der Waals surface area (Å²) < 4.78 is 4.52. The van der Waals surface area contributed by atoms with E-state index in [1.54, 1.807) is 6.07 Å². The Kier molecular flexibility index (Phi) is 5.59. The maximum atomic E-state index is 11.9. The van der Waals surface area contributed by atoms with Crippen LogP contribution in [0.25, 0.3) is 0 Å². The van der Waals surface area contributed by atoms with Crippen molar-refractivity contribution in [1.29, 1.82) is 0 Å². The Balaban J connectivity index is 2.63. The van der Waals surface area contributed by atoms with Crippen LogP contribution in [0.5, 0.6) is 0 Å². The average molecular weight is 266 g/mol. The normalized spacial score (nSPS) is 9.79. The molecule has 0 aliphatic carbocycles. The molecule has 0 atom stereocenters. The Morgan fingerprint density at radius 2 is 2.21 bits per heavy atom. The number of amides is 2. The van der Waals surface area contributed by atoms with E-state index in [-0.39, 0.29) is 19.1 Å². The lowest BCUT2D eigenvalue weighted by Crippen LogP contribution is -2.29. The second-order valence-electron chi connectivity index (χ2n) is 3.82. The molecule has 1 aromatic rings. The number of carbonyl (C=O) groups is 2. The van der Waals surface area contributed by atoms with E-state index in [1.807, 2.05) is 13.8 Å². The third-order valence-electron chi connectivity index (χ3n) is 2.28. The summed E-state index contributed by atoms with van der Waals surface area (Å²) in [6.07, 6.45) is 0.650. The van der Waals surface area contributed by atoms with Gasteiger partial charge in [0.1, 0.15) is 6.61 Å². The summed E-state index contributed by atoms with van der Waals surface area (Å²) in [6.45, 7) is 4.73. The summed E-state index contributed by atoms with van der Waals surface area (Å²) in [4.78, 5) is 26.4. The van der Waals surface area contributed by atoms with Crippen LogP contribution in [0.15, 0.2) is 12.3 Å². The van der Waals surface area contributed by atoms with E-state index in [0.717, 1.165) is 11.4 Å². The van der Waals surface area contributed by atoms with Crippen molar-refractivity contribution in [1.82, 2.24) is 10.3 Å².